The molecular formula is C14H23NO2S. The van der Waals surface area contributed by atoms with Crippen molar-refractivity contribution in [3.05, 3.63) is 0 Å². The fourth-order valence-electron chi connectivity index (χ4n) is 4.68. The average Bonchev–Trinajstić information content (AvgIpc) is 2.33. The minimum Gasteiger partial charge on any atom is -0.443 e. The highest BCUT2D eigenvalue weighted by atomic mass is 32.1. The van der Waals surface area contributed by atoms with E-state index in [9.17, 15) is 4.79 Å². The number of amides is 1. The molecule has 0 aromatic heterocycles. The van der Waals surface area contributed by atoms with Crippen molar-refractivity contribution < 1.29 is 9.53 Å². The van der Waals surface area contributed by atoms with E-state index in [-0.39, 0.29) is 11.7 Å². The van der Waals surface area contributed by atoms with Gasteiger partial charge in [-0.05, 0) is 62.7 Å². The SMILES string of the molecule is CC1(OC(=O)NCCS)C2CC3CC(C2)CC1C3. The number of thiol groups is 1. The van der Waals surface area contributed by atoms with Gasteiger partial charge in [0.1, 0.15) is 5.60 Å². The molecule has 0 spiro atoms. The zero-order valence-electron chi connectivity index (χ0n) is 11.0. The summed E-state index contributed by atoms with van der Waals surface area (Å²) in [6, 6.07) is 0. The molecule has 4 aliphatic carbocycles. The van der Waals surface area contributed by atoms with Crippen LogP contribution in [0.3, 0.4) is 0 Å². The van der Waals surface area contributed by atoms with E-state index < -0.39 is 0 Å². The standard InChI is InChI=1S/C14H23NO2S/c1-14(17-13(16)15-2-3-18)11-5-9-4-10(7-11)8-12(14)6-9/h9-12,18H,2-8H2,1H3,(H,15,16). The van der Waals surface area contributed by atoms with Crippen LogP contribution in [0.15, 0.2) is 0 Å². The number of rotatable bonds is 3. The van der Waals surface area contributed by atoms with Crippen molar-refractivity contribution in [2.75, 3.05) is 12.3 Å². The number of hydrogen-bond donors (Lipinski definition) is 2. The van der Waals surface area contributed by atoms with Crippen molar-refractivity contribution in [2.24, 2.45) is 23.7 Å². The van der Waals surface area contributed by atoms with E-state index in [1.165, 1.54) is 32.1 Å². The summed E-state index contributed by atoms with van der Waals surface area (Å²) in [6.07, 6.45) is 6.24. The van der Waals surface area contributed by atoms with E-state index >= 15 is 0 Å². The Morgan fingerprint density at radius 3 is 2.28 bits per heavy atom. The van der Waals surface area contributed by atoms with Crippen LogP contribution in [-0.2, 0) is 4.74 Å². The highest BCUT2D eigenvalue weighted by Gasteiger charge is 2.57. The van der Waals surface area contributed by atoms with Gasteiger partial charge in [-0.3, -0.25) is 0 Å². The lowest BCUT2D eigenvalue weighted by Gasteiger charge is -2.58. The molecule has 0 heterocycles. The molecule has 4 fully saturated rings. The van der Waals surface area contributed by atoms with Crippen molar-refractivity contribution in [2.45, 2.75) is 44.6 Å². The van der Waals surface area contributed by atoms with Crippen LogP contribution in [0, 0.1) is 23.7 Å². The molecule has 4 aliphatic rings. The second-order valence-electron chi connectivity index (χ2n) is 6.53. The molecular weight excluding hydrogens is 246 g/mol. The monoisotopic (exact) mass is 269 g/mol. The van der Waals surface area contributed by atoms with E-state index in [2.05, 4.69) is 24.9 Å². The summed E-state index contributed by atoms with van der Waals surface area (Å²) >= 11 is 4.09. The third-order valence-corrected chi connectivity index (χ3v) is 5.68. The van der Waals surface area contributed by atoms with Crippen LogP contribution >= 0.6 is 12.6 Å². The molecule has 1 N–H and O–H groups in total. The Kier molecular flexibility index (Phi) is 3.25. The predicted molar refractivity (Wildman–Crippen MR) is 73.8 cm³/mol. The predicted octanol–water partition coefficient (Wildman–Crippen LogP) is 2.86. The van der Waals surface area contributed by atoms with Crippen LogP contribution in [0.25, 0.3) is 0 Å². The van der Waals surface area contributed by atoms with Gasteiger partial charge in [-0.2, -0.15) is 12.6 Å². The molecule has 0 unspecified atom stereocenters. The Morgan fingerprint density at radius 2 is 1.78 bits per heavy atom. The van der Waals surface area contributed by atoms with Gasteiger partial charge < -0.3 is 10.1 Å². The Morgan fingerprint density at radius 1 is 1.22 bits per heavy atom. The summed E-state index contributed by atoms with van der Waals surface area (Å²) in [4.78, 5) is 11.8. The Balaban J connectivity index is 1.68. The lowest BCUT2D eigenvalue weighted by molar-refractivity contribution is -0.162. The van der Waals surface area contributed by atoms with E-state index in [1.54, 1.807) is 0 Å². The lowest BCUT2D eigenvalue weighted by atomic mass is 9.50. The van der Waals surface area contributed by atoms with Gasteiger partial charge in [-0.1, -0.05) is 0 Å². The fraction of sp³-hybridized carbons (Fsp3) is 0.929. The quantitative estimate of drug-likeness (QED) is 0.773. The third kappa shape index (κ3) is 2.02. The number of hydrogen-bond acceptors (Lipinski definition) is 3. The number of ether oxygens (including phenoxy) is 1. The number of alkyl carbamates (subject to hydrolysis) is 1. The minimum absolute atomic E-state index is 0.214. The summed E-state index contributed by atoms with van der Waals surface area (Å²) in [5.41, 5.74) is -0.214. The number of nitrogens with one attached hydrogen (secondary N) is 1. The number of carbonyl (C=O) groups is 1. The van der Waals surface area contributed by atoms with Crippen LogP contribution in [0.5, 0.6) is 0 Å². The zero-order valence-corrected chi connectivity index (χ0v) is 11.9. The highest BCUT2D eigenvalue weighted by Crippen LogP contribution is 2.59. The molecule has 102 valence electrons. The van der Waals surface area contributed by atoms with Gasteiger partial charge in [-0.25, -0.2) is 4.79 Å². The normalized spacial score (nSPS) is 45.0. The topological polar surface area (TPSA) is 38.3 Å². The van der Waals surface area contributed by atoms with Gasteiger partial charge in [0.25, 0.3) is 0 Å². The summed E-state index contributed by atoms with van der Waals surface area (Å²) in [7, 11) is 0. The highest BCUT2D eigenvalue weighted by molar-refractivity contribution is 7.80. The first kappa shape index (κ1) is 12.6. The van der Waals surface area contributed by atoms with Crippen LogP contribution < -0.4 is 5.32 Å². The summed E-state index contributed by atoms with van der Waals surface area (Å²) < 4.78 is 5.83. The first-order valence-corrected chi connectivity index (χ1v) is 7.82. The maximum atomic E-state index is 11.8. The van der Waals surface area contributed by atoms with E-state index in [4.69, 9.17) is 4.74 Å². The minimum atomic E-state index is -0.251. The third-order valence-electron chi connectivity index (χ3n) is 5.45. The second-order valence-corrected chi connectivity index (χ2v) is 6.98. The second kappa shape index (κ2) is 4.62. The first-order chi connectivity index (χ1) is 8.61. The van der Waals surface area contributed by atoms with Crippen molar-refractivity contribution in [3.8, 4) is 0 Å². The van der Waals surface area contributed by atoms with E-state index in [0.29, 0.717) is 24.1 Å². The van der Waals surface area contributed by atoms with E-state index in [0.717, 1.165) is 11.8 Å². The van der Waals surface area contributed by atoms with Gasteiger partial charge >= 0.3 is 6.09 Å². The molecule has 0 radical (unpaired) electrons. The molecule has 0 aliphatic heterocycles. The molecule has 4 bridgehead atoms. The largest absolute Gasteiger partial charge is 0.443 e. The van der Waals surface area contributed by atoms with Crippen LogP contribution in [0.2, 0.25) is 0 Å². The van der Waals surface area contributed by atoms with Crippen molar-refractivity contribution in [1.29, 1.82) is 0 Å². The Labute approximate surface area is 114 Å². The van der Waals surface area contributed by atoms with Crippen molar-refractivity contribution >= 4 is 18.7 Å². The number of carbonyl (C=O) groups excluding carboxylic acids is 1. The van der Waals surface area contributed by atoms with Gasteiger partial charge in [0.15, 0.2) is 0 Å². The summed E-state index contributed by atoms with van der Waals surface area (Å²) in [5, 5.41) is 2.78. The fourth-order valence-corrected chi connectivity index (χ4v) is 4.79. The average molecular weight is 269 g/mol. The van der Waals surface area contributed by atoms with Crippen LogP contribution in [-0.4, -0.2) is 24.0 Å². The molecule has 18 heavy (non-hydrogen) atoms. The summed E-state index contributed by atoms with van der Waals surface area (Å²) in [5.74, 6) is 3.66. The smallest absolute Gasteiger partial charge is 0.407 e. The molecule has 4 heteroatoms. The molecule has 4 saturated carbocycles. The molecule has 0 aromatic carbocycles. The molecule has 0 atom stereocenters. The molecule has 0 saturated heterocycles. The molecule has 1 amide bonds. The lowest BCUT2D eigenvalue weighted by Crippen LogP contribution is -2.58. The molecule has 4 rings (SSSR count). The zero-order chi connectivity index (χ0) is 12.8. The van der Waals surface area contributed by atoms with E-state index in [1.807, 2.05) is 0 Å². The van der Waals surface area contributed by atoms with Crippen molar-refractivity contribution in [3.63, 3.8) is 0 Å². The maximum absolute atomic E-state index is 11.8. The van der Waals surface area contributed by atoms with Gasteiger partial charge in [-0.15, -0.1) is 0 Å². The summed E-state index contributed by atoms with van der Waals surface area (Å²) in [6.45, 7) is 2.75. The maximum Gasteiger partial charge on any atom is 0.407 e. The van der Waals surface area contributed by atoms with Crippen LogP contribution in [0.1, 0.15) is 39.0 Å². The van der Waals surface area contributed by atoms with Gasteiger partial charge in [0.2, 0.25) is 0 Å². The van der Waals surface area contributed by atoms with Gasteiger partial charge in [0, 0.05) is 12.3 Å². The van der Waals surface area contributed by atoms with Crippen molar-refractivity contribution in [1.82, 2.24) is 5.32 Å². The molecule has 0 aromatic rings. The Hall–Kier alpha value is -0.380. The first-order valence-electron chi connectivity index (χ1n) is 7.19. The van der Waals surface area contributed by atoms with Gasteiger partial charge in [0.05, 0.1) is 0 Å². The Bertz CT molecular complexity index is 317. The van der Waals surface area contributed by atoms with Crippen LogP contribution in [0.4, 0.5) is 4.79 Å². The molecule has 3 nitrogen and oxygen atoms in total.